The maximum atomic E-state index is 14.5. The molecule has 0 amide bonds. The molecule has 0 saturated carbocycles. The molecule has 4 N–H and O–H groups in total. The number of hydrogen-bond acceptors (Lipinski definition) is 8. The van der Waals surface area contributed by atoms with Crippen molar-refractivity contribution in [1.82, 2.24) is 0 Å². The molecule has 3 aromatic rings. The van der Waals surface area contributed by atoms with Gasteiger partial charge in [0, 0.05) is 40.9 Å². The highest BCUT2D eigenvalue weighted by Crippen LogP contribution is 2.40. The summed E-state index contributed by atoms with van der Waals surface area (Å²) in [5.41, 5.74) is 6.96. The number of nitrogens with two attached hydrogens (primary N) is 2. The summed E-state index contributed by atoms with van der Waals surface area (Å²) in [7, 11) is 1.23. The Balaban J connectivity index is 1.56. The van der Waals surface area contributed by atoms with Crippen molar-refractivity contribution >= 4 is 16.9 Å². The molecule has 260 valence electrons. The van der Waals surface area contributed by atoms with Crippen molar-refractivity contribution < 1.29 is 45.4 Å². The lowest BCUT2D eigenvalue weighted by Gasteiger charge is -2.42. The van der Waals surface area contributed by atoms with Crippen LogP contribution in [0.5, 0.6) is 11.5 Å². The fourth-order valence-electron chi connectivity index (χ4n) is 5.26. The van der Waals surface area contributed by atoms with Gasteiger partial charge in [0.1, 0.15) is 17.1 Å². The molecule has 0 fully saturated rings. The number of rotatable bonds is 15. The third-order valence-corrected chi connectivity index (χ3v) is 8.09. The van der Waals surface area contributed by atoms with E-state index in [0.717, 1.165) is 12.1 Å². The van der Waals surface area contributed by atoms with Crippen molar-refractivity contribution in [1.29, 1.82) is 0 Å². The minimum atomic E-state index is -4.75. The minimum Gasteiger partial charge on any atom is -0.497 e. The van der Waals surface area contributed by atoms with Crippen LogP contribution < -0.4 is 26.6 Å². The summed E-state index contributed by atoms with van der Waals surface area (Å²) in [6, 6.07) is 8.91. The lowest BCUT2D eigenvalue weighted by Crippen LogP contribution is -2.58. The number of benzene rings is 2. The molecule has 0 aliphatic carbocycles. The van der Waals surface area contributed by atoms with Crippen LogP contribution in [0.1, 0.15) is 72.3 Å². The monoisotopic (exact) mass is 670 g/mol. The highest BCUT2D eigenvalue weighted by atomic mass is 19.4. The van der Waals surface area contributed by atoms with Crippen molar-refractivity contribution in [2.75, 3.05) is 20.3 Å². The van der Waals surface area contributed by atoms with E-state index in [9.17, 15) is 31.5 Å². The van der Waals surface area contributed by atoms with Crippen molar-refractivity contribution in [3.8, 4) is 22.6 Å². The Labute approximate surface area is 270 Å². The van der Waals surface area contributed by atoms with Gasteiger partial charge >= 0.3 is 17.8 Å². The lowest BCUT2D eigenvalue weighted by atomic mass is 9.67. The molecular weight excluding hydrogens is 627 g/mol. The summed E-state index contributed by atoms with van der Waals surface area (Å²) in [6.45, 7) is 8.32. The molecule has 2 aromatic carbocycles. The summed E-state index contributed by atoms with van der Waals surface area (Å²) < 4.78 is 91.3. The van der Waals surface area contributed by atoms with Gasteiger partial charge in [-0.15, -0.1) is 0 Å². The number of alkyl halides is 5. The number of halogens is 5. The van der Waals surface area contributed by atoms with Gasteiger partial charge in [-0.05, 0) is 90.3 Å². The van der Waals surface area contributed by atoms with E-state index in [-0.39, 0.29) is 60.7 Å². The normalized spacial score (nSPS) is 14.1. The Bertz CT molecular complexity index is 1610. The predicted octanol–water partition coefficient (Wildman–Crippen LogP) is 7.48. The van der Waals surface area contributed by atoms with Gasteiger partial charge in [-0.2, -0.15) is 13.2 Å². The molecule has 0 bridgehead atoms. The Morgan fingerprint density at radius 2 is 1.45 bits per heavy atom. The third kappa shape index (κ3) is 9.90. The number of esters is 1. The molecule has 1 atom stereocenters. The molecule has 0 aliphatic rings. The van der Waals surface area contributed by atoms with Gasteiger partial charge in [-0.1, -0.05) is 0 Å². The van der Waals surface area contributed by atoms with Crippen LogP contribution in [0.3, 0.4) is 0 Å². The van der Waals surface area contributed by atoms with E-state index in [1.165, 1.54) is 37.4 Å². The summed E-state index contributed by atoms with van der Waals surface area (Å²) in [6.07, 6.45) is -5.55. The summed E-state index contributed by atoms with van der Waals surface area (Å²) >= 11 is 0. The Morgan fingerprint density at radius 1 is 0.830 bits per heavy atom. The molecule has 0 saturated heterocycles. The first-order valence-electron chi connectivity index (χ1n) is 15.2. The van der Waals surface area contributed by atoms with E-state index >= 15 is 0 Å². The van der Waals surface area contributed by atoms with E-state index in [1.54, 1.807) is 34.6 Å². The van der Waals surface area contributed by atoms with Gasteiger partial charge in [0.05, 0.1) is 36.9 Å². The Kier molecular flexibility index (Phi) is 11.4. The zero-order chi connectivity index (χ0) is 35.4. The molecule has 1 aromatic heterocycles. The number of fused-ring (bicyclic) bond motifs is 1. The van der Waals surface area contributed by atoms with E-state index in [4.69, 9.17) is 30.1 Å². The van der Waals surface area contributed by atoms with Crippen LogP contribution in [0.4, 0.5) is 22.0 Å². The number of carbonyl (C=O) groups is 1. The molecule has 0 spiro atoms. The van der Waals surface area contributed by atoms with Crippen LogP contribution >= 0.6 is 0 Å². The third-order valence-electron chi connectivity index (χ3n) is 8.09. The fraction of sp³-hybridized carbons (Fsp3) is 0.529. The van der Waals surface area contributed by atoms with E-state index in [0.29, 0.717) is 5.39 Å². The van der Waals surface area contributed by atoms with E-state index < -0.39 is 58.6 Å². The molecular formula is C34H43F5N2O6. The number of methoxy groups -OCH3 is 1. The highest BCUT2D eigenvalue weighted by molar-refractivity contribution is 5.83. The zero-order valence-corrected chi connectivity index (χ0v) is 27.5. The Morgan fingerprint density at radius 3 is 2.02 bits per heavy atom. The molecule has 47 heavy (non-hydrogen) atoms. The van der Waals surface area contributed by atoms with Crippen molar-refractivity contribution in [3.63, 3.8) is 0 Å². The number of carbonyl (C=O) groups excluding carboxylic acids is 1. The molecule has 0 radical (unpaired) electrons. The first-order chi connectivity index (χ1) is 21.6. The standard InChI is InChI=1S/C34H43F5N2O6/c1-30(2,40)20-32(5,31(3,4)41)29(43)46-16-8-14-33(35,36)13-7-15-45-23-10-9-21-17-25(28(42)47-27(21)19-23)24-12-11-22(44-6)18-26(24)34(37,38)39/h9-12,17-19H,7-8,13-16,20,40-41H2,1-6H3. The zero-order valence-electron chi connectivity index (χ0n) is 27.5. The van der Waals surface area contributed by atoms with Crippen LogP contribution in [0, 0.1) is 5.41 Å². The van der Waals surface area contributed by atoms with Crippen LogP contribution in [0.2, 0.25) is 0 Å². The van der Waals surface area contributed by atoms with Gasteiger partial charge < -0.3 is 30.1 Å². The van der Waals surface area contributed by atoms with E-state index in [1.807, 2.05) is 0 Å². The number of hydrogen-bond donors (Lipinski definition) is 2. The predicted molar refractivity (Wildman–Crippen MR) is 169 cm³/mol. The second-order valence-corrected chi connectivity index (χ2v) is 13.3. The molecule has 0 aliphatic heterocycles. The quantitative estimate of drug-likeness (QED) is 0.0738. The summed E-state index contributed by atoms with van der Waals surface area (Å²) in [5.74, 6) is -3.41. The van der Waals surface area contributed by atoms with Gasteiger partial charge in [-0.3, -0.25) is 4.79 Å². The van der Waals surface area contributed by atoms with Crippen LogP contribution in [0.15, 0.2) is 51.7 Å². The average molecular weight is 671 g/mol. The van der Waals surface area contributed by atoms with Crippen LogP contribution in [-0.2, 0) is 15.7 Å². The van der Waals surface area contributed by atoms with Gasteiger partial charge in [0.15, 0.2) is 0 Å². The second kappa shape index (κ2) is 14.2. The maximum Gasteiger partial charge on any atom is 0.417 e. The molecule has 13 heteroatoms. The average Bonchev–Trinajstić information content (AvgIpc) is 2.94. The molecule has 1 unspecified atom stereocenters. The van der Waals surface area contributed by atoms with Crippen molar-refractivity contribution in [2.45, 2.75) is 89.9 Å². The first-order valence-corrected chi connectivity index (χ1v) is 15.2. The number of ether oxygens (including phenoxy) is 3. The smallest absolute Gasteiger partial charge is 0.417 e. The topological polar surface area (TPSA) is 127 Å². The van der Waals surface area contributed by atoms with Crippen molar-refractivity contribution in [3.05, 3.63) is 58.4 Å². The van der Waals surface area contributed by atoms with Crippen LogP contribution in [-0.4, -0.2) is 43.3 Å². The van der Waals surface area contributed by atoms with Gasteiger partial charge in [0.2, 0.25) is 5.92 Å². The second-order valence-electron chi connectivity index (χ2n) is 13.3. The molecule has 1 heterocycles. The summed E-state index contributed by atoms with van der Waals surface area (Å²) in [4.78, 5) is 25.6. The first kappa shape index (κ1) is 37.7. The minimum absolute atomic E-state index is 0.00355. The largest absolute Gasteiger partial charge is 0.497 e. The van der Waals surface area contributed by atoms with E-state index in [2.05, 4.69) is 0 Å². The SMILES string of the molecule is COc1ccc(-c2cc3ccc(OCCCC(F)(F)CCCOC(=O)C(C)(CC(C)(C)N)C(C)(C)N)cc3oc2=O)c(C(F)(F)F)c1. The van der Waals surface area contributed by atoms with Crippen molar-refractivity contribution in [2.24, 2.45) is 16.9 Å². The highest BCUT2D eigenvalue weighted by Gasteiger charge is 2.48. The molecule has 3 rings (SSSR count). The molecule has 8 nitrogen and oxygen atoms in total. The van der Waals surface area contributed by atoms with Gasteiger partial charge in [-0.25, -0.2) is 13.6 Å². The fourth-order valence-corrected chi connectivity index (χ4v) is 5.26. The maximum absolute atomic E-state index is 14.5. The van der Waals surface area contributed by atoms with Gasteiger partial charge in [0.25, 0.3) is 0 Å². The lowest BCUT2D eigenvalue weighted by molar-refractivity contribution is -0.161. The summed E-state index contributed by atoms with van der Waals surface area (Å²) in [5, 5.41) is 0.338. The van der Waals surface area contributed by atoms with Crippen LogP contribution in [0.25, 0.3) is 22.1 Å². The Hall–Kier alpha value is -3.71.